The molecule has 2 heterocycles. The molecule has 2 atom stereocenters. The molecule has 1 aliphatic heterocycles. The number of carbonyl (C=O) groups excluding carboxylic acids is 1. The minimum absolute atomic E-state index is 0.0860. The van der Waals surface area contributed by atoms with Gasteiger partial charge in [-0.1, -0.05) is 40.5 Å². The summed E-state index contributed by atoms with van der Waals surface area (Å²) in [4.78, 5) is 21.6. The predicted molar refractivity (Wildman–Crippen MR) is 119 cm³/mol. The van der Waals surface area contributed by atoms with Crippen molar-refractivity contribution in [2.75, 3.05) is 26.2 Å². The van der Waals surface area contributed by atoms with Gasteiger partial charge in [-0.3, -0.25) is 9.69 Å². The van der Waals surface area contributed by atoms with Crippen LogP contribution in [0.2, 0.25) is 10.0 Å². The summed E-state index contributed by atoms with van der Waals surface area (Å²) in [5.41, 5.74) is 2.03. The van der Waals surface area contributed by atoms with Crippen molar-refractivity contribution in [3.8, 4) is 11.4 Å². The monoisotopic (exact) mass is 456 g/mol. The maximum absolute atomic E-state index is 12.9. The molecule has 1 aromatic heterocycles. The summed E-state index contributed by atoms with van der Waals surface area (Å²) in [5, 5.41) is 5.47. The third kappa shape index (κ3) is 4.61. The van der Waals surface area contributed by atoms with Crippen molar-refractivity contribution in [1.29, 1.82) is 0 Å². The minimum Gasteiger partial charge on any atom is -0.340 e. The van der Waals surface area contributed by atoms with Crippen molar-refractivity contribution >= 4 is 29.1 Å². The fourth-order valence-electron chi connectivity index (χ4n) is 4.16. The van der Waals surface area contributed by atoms with E-state index in [0.717, 1.165) is 48.7 Å². The zero-order valence-corrected chi connectivity index (χ0v) is 18.4. The van der Waals surface area contributed by atoms with E-state index in [9.17, 15) is 4.79 Å². The molecule has 1 aliphatic carbocycles. The van der Waals surface area contributed by atoms with Gasteiger partial charge in [0.2, 0.25) is 17.6 Å². The molecular weight excluding hydrogens is 435 g/mol. The van der Waals surface area contributed by atoms with Crippen LogP contribution in [0.5, 0.6) is 0 Å². The third-order valence-corrected chi connectivity index (χ3v) is 6.48. The number of rotatable bonds is 5. The van der Waals surface area contributed by atoms with Gasteiger partial charge >= 0.3 is 0 Å². The van der Waals surface area contributed by atoms with Gasteiger partial charge in [-0.2, -0.15) is 4.98 Å². The Morgan fingerprint density at radius 1 is 1.03 bits per heavy atom. The molecule has 6 nitrogen and oxygen atoms in total. The van der Waals surface area contributed by atoms with Crippen LogP contribution in [-0.2, 0) is 11.3 Å². The van der Waals surface area contributed by atoms with Crippen molar-refractivity contribution in [3.05, 3.63) is 70.0 Å². The summed E-state index contributed by atoms with van der Waals surface area (Å²) in [6.07, 6.45) is 0.912. The topological polar surface area (TPSA) is 62.5 Å². The maximum atomic E-state index is 12.9. The Kier molecular flexibility index (Phi) is 5.69. The molecule has 160 valence electrons. The Hall–Kier alpha value is -2.41. The molecule has 2 unspecified atom stereocenters. The van der Waals surface area contributed by atoms with Gasteiger partial charge in [0.15, 0.2) is 0 Å². The van der Waals surface area contributed by atoms with Gasteiger partial charge in [-0.25, -0.2) is 0 Å². The lowest BCUT2D eigenvalue weighted by Crippen LogP contribution is -2.48. The molecule has 1 amide bonds. The van der Waals surface area contributed by atoms with E-state index in [1.807, 2.05) is 35.2 Å². The first kappa shape index (κ1) is 20.5. The summed E-state index contributed by atoms with van der Waals surface area (Å²) in [6.45, 7) is 3.60. The van der Waals surface area contributed by atoms with Crippen LogP contribution in [0.15, 0.2) is 53.1 Å². The molecule has 1 saturated heterocycles. The van der Waals surface area contributed by atoms with Gasteiger partial charge in [0.1, 0.15) is 0 Å². The number of halogens is 2. The van der Waals surface area contributed by atoms with Gasteiger partial charge in [-0.15, -0.1) is 0 Å². The first-order valence-electron chi connectivity index (χ1n) is 10.4. The van der Waals surface area contributed by atoms with E-state index >= 15 is 0 Å². The van der Waals surface area contributed by atoms with Gasteiger partial charge in [0, 0.05) is 47.7 Å². The molecule has 0 spiro atoms. The molecule has 0 N–H and O–H groups in total. The molecule has 0 radical (unpaired) electrons. The van der Waals surface area contributed by atoms with Gasteiger partial charge < -0.3 is 9.42 Å². The summed E-state index contributed by atoms with van der Waals surface area (Å²) < 4.78 is 5.42. The SMILES string of the molecule is O=C(C1CC1c1cccc(Cl)c1)N1CCN(Cc2nc(-c3ccc(Cl)cc3)no2)CC1. The van der Waals surface area contributed by atoms with E-state index in [1.54, 1.807) is 12.1 Å². The van der Waals surface area contributed by atoms with Crippen molar-refractivity contribution in [1.82, 2.24) is 19.9 Å². The van der Waals surface area contributed by atoms with Gasteiger partial charge in [0.25, 0.3) is 0 Å². The van der Waals surface area contributed by atoms with E-state index in [-0.39, 0.29) is 11.8 Å². The highest BCUT2D eigenvalue weighted by molar-refractivity contribution is 6.30. The average Bonchev–Trinajstić information content (AvgIpc) is 3.46. The van der Waals surface area contributed by atoms with Crippen LogP contribution in [0.25, 0.3) is 11.4 Å². The highest BCUT2D eigenvalue weighted by Gasteiger charge is 2.46. The van der Waals surface area contributed by atoms with Gasteiger partial charge in [-0.05, 0) is 54.3 Å². The zero-order chi connectivity index (χ0) is 21.4. The third-order valence-electron chi connectivity index (χ3n) is 6.00. The maximum Gasteiger partial charge on any atom is 0.241 e. The van der Waals surface area contributed by atoms with E-state index in [4.69, 9.17) is 27.7 Å². The van der Waals surface area contributed by atoms with Crippen molar-refractivity contribution in [2.45, 2.75) is 18.9 Å². The van der Waals surface area contributed by atoms with E-state index < -0.39 is 0 Å². The highest BCUT2D eigenvalue weighted by Crippen LogP contribution is 2.48. The Balaban J connectivity index is 1.13. The van der Waals surface area contributed by atoms with Crippen LogP contribution in [0.4, 0.5) is 0 Å². The first-order valence-corrected chi connectivity index (χ1v) is 11.2. The average molecular weight is 457 g/mol. The number of amides is 1. The van der Waals surface area contributed by atoms with Crippen LogP contribution in [0.1, 0.15) is 23.8 Å². The van der Waals surface area contributed by atoms with Crippen molar-refractivity contribution < 1.29 is 9.32 Å². The van der Waals surface area contributed by atoms with Crippen LogP contribution in [0, 0.1) is 5.92 Å². The number of aromatic nitrogens is 2. The smallest absolute Gasteiger partial charge is 0.241 e. The van der Waals surface area contributed by atoms with E-state index in [0.29, 0.717) is 29.2 Å². The molecule has 1 saturated carbocycles. The Morgan fingerprint density at radius 2 is 1.81 bits per heavy atom. The fraction of sp³-hybridized carbons (Fsp3) is 0.348. The molecular formula is C23H22Cl2N4O2. The number of nitrogens with zero attached hydrogens (tertiary/aromatic N) is 4. The summed E-state index contributed by atoms with van der Waals surface area (Å²) in [6, 6.07) is 15.2. The second kappa shape index (κ2) is 8.61. The van der Waals surface area contributed by atoms with Crippen molar-refractivity contribution in [3.63, 3.8) is 0 Å². The van der Waals surface area contributed by atoms with Crippen molar-refractivity contribution in [2.24, 2.45) is 5.92 Å². The quantitative estimate of drug-likeness (QED) is 0.565. The number of benzene rings is 2. The summed E-state index contributed by atoms with van der Waals surface area (Å²) >= 11 is 12.0. The highest BCUT2D eigenvalue weighted by atomic mass is 35.5. The molecule has 0 bridgehead atoms. The fourth-order valence-corrected chi connectivity index (χ4v) is 4.49. The lowest BCUT2D eigenvalue weighted by molar-refractivity contribution is -0.134. The Bertz CT molecular complexity index is 1080. The minimum atomic E-state index is 0.0860. The van der Waals surface area contributed by atoms with E-state index in [2.05, 4.69) is 21.1 Å². The normalized spacial score (nSPS) is 21.3. The first-order chi connectivity index (χ1) is 15.1. The zero-order valence-electron chi connectivity index (χ0n) is 16.9. The standard InChI is InChI=1S/C23H22Cl2N4O2/c24-17-6-4-15(5-7-17)22-26-21(31-27-22)14-28-8-10-29(11-9-28)23(30)20-13-19(20)16-2-1-3-18(25)12-16/h1-7,12,19-20H,8-11,13-14H2. The summed E-state index contributed by atoms with van der Waals surface area (Å²) in [5.74, 6) is 1.78. The number of piperazine rings is 1. The largest absolute Gasteiger partial charge is 0.340 e. The molecule has 2 aromatic carbocycles. The van der Waals surface area contributed by atoms with Crippen LogP contribution in [0.3, 0.4) is 0 Å². The van der Waals surface area contributed by atoms with E-state index in [1.165, 1.54) is 0 Å². The Morgan fingerprint density at radius 3 is 2.55 bits per heavy atom. The number of carbonyl (C=O) groups is 1. The lowest BCUT2D eigenvalue weighted by Gasteiger charge is -2.34. The predicted octanol–water partition coefficient (Wildman–Crippen LogP) is 4.49. The second-order valence-corrected chi connectivity index (χ2v) is 9.00. The molecule has 2 fully saturated rings. The number of hydrogen-bond acceptors (Lipinski definition) is 5. The van der Waals surface area contributed by atoms with Crippen LogP contribution >= 0.6 is 23.2 Å². The molecule has 2 aliphatic rings. The molecule has 31 heavy (non-hydrogen) atoms. The van der Waals surface area contributed by atoms with Crippen LogP contribution < -0.4 is 0 Å². The summed E-state index contributed by atoms with van der Waals surface area (Å²) in [7, 11) is 0. The van der Waals surface area contributed by atoms with Gasteiger partial charge in [0.05, 0.1) is 6.54 Å². The van der Waals surface area contributed by atoms with Crippen LogP contribution in [-0.4, -0.2) is 52.0 Å². The molecule has 3 aromatic rings. The molecule has 5 rings (SSSR count). The Labute approximate surface area is 190 Å². The number of hydrogen-bond donors (Lipinski definition) is 0. The molecule has 8 heteroatoms. The lowest BCUT2D eigenvalue weighted by atomic mass is 10.1. The second-order valence-electron chi connectivity index (χ2n) is 8.12.